The van der Waals surface area contributed by atoms with Crippen LogP contribution < -0.4 is 4.90 Å². The molecule has 1 aromatic rings. The van der Waals surface area contributed by atoms with Crippen molar-refractivity contribution in [2.75, 3.05) is 18.5 Å². The molecule has 1 rings (SSSR count). The number of hydrogen-bond acceptors (Lipinski definition) is 4. The minimum atomic E-state index is 0.307. The van der Waals surface area contributed by atoms with Crippen LogP contribution in [0.3, 0.4) is 0 Å². The summed E-state index contributed by atoms with van der Waals surface area (Å²) in [6.07, 6.45) is 1.85. The SMILES string of the molecule is CC(C)CCN(C)c1nc(Cl)c(C=O)s1. The molecule has 5 heteroatoms. The summed E-state index contributed by atoms with van der Waals surface area (Å²) in [6, 6.07) is 0. The van der Waals surface area contributed by atoms with Crippen LogP contribution in [0.25, 0.3) is 0 Å². The number of hydrogen-bond donors (Lipinski definition) is 0. The van der Waals surface area contributed by atoms with E-state index in [0.717, 1.165) is 24.4 Å². The molecule has 0 spiro atoms. The summed E-state index contributed by atoms with van der Waals surface area (Å²) in [5.41, 5.74) is 0. The molecule has 0 aliphatic rings. The molecule has 0 fully saturated rings. The minimum Gasteiger partial charge on any atom is -0.351 e. The first-order valence-electron chi connectivity index (χ1n) is 4.87. The summed E-state index contributed by atoms with van der Waals surface area (Å²) in [7, 11) is 1.96. The zero-order chi connectivity index (χ0) is 11.4. The maximum absolute atomic E-state index is 10.6. The molecule has 1 aromatic heterocycles. The molecule has 0 radical (unpaired) electrons. The highest BCUT2D eigenvalue weighted by molar-refractivity contribution is 7.17. The van der Waals surface area contributed by atoms with E-state index in [9.17, 15) is 4.79 Å². The van der Waals surface area contributed by atoms with Crippen LogP contribution >= 0.6 is 22.9 Å². The molecule has 0 saturated carbocycles. The Kier molecular flexibility index (Phi) is 4.54. The summed E-state index contributed by atoms with van der Waals surface area (Å²) in [5, 5.41) is 1.11. The molecule has 0 aromatic carbocycles. The van der Waals surface area contributed by atoms with Crippen molar-refractivity contribution in [2.24, 2.45) is 5.92 Å². The van der Waals surface area contributed by atoms with E-state index < -0.39 is 0 Å². The largest absolute Gasteiger partial charge is 0.351 e. The Bertz CT molecular complexity index is 338. The number of carbonyl (C=O) groups excluding carboxylic acids is 1. The van der Waals surface area contributed by atoms with Crippen molar-refractivity contribution in [3.8, 4) is 0 Å². The molecule has 0 N–H and O–H groups in total. The number of aldehydes is 1. The summed E-state index contributed by atoms with van der Waals surface area (Å²) >= 11 is 7.13. The van der Waals surface area contributed by atoms with Crippen LogP contribution in [0.15, 0.2) is 0 Å². The lowest BCUT2D eigenvalue weighted by molar-refractivity contribution is 0.112. The van der Waals surface area contributed by atoms with E-state index in [2.05, 4.69) is 18.8 Å². The maximum atomic E-state index is 10.6. The molecule has 1 heterocycles. The predicted molar refractivity (Wildman–Crippen MR) is 65.2 cm³/mol. The van der Waals surface area contributed by atoms with E-state index in [-0.39, 0.29) is 0 Å². The van der Waals surface area contributed by atoms with Crippen molar-refractivity contribution in [3.05, 3.63) is 10.0 Å². The molecule has 0 atom stereocenters. The quantitative estimate of drug-likeness (QED) is 0.749. The molecule has 0 amide bonds. The molecule has 84 valence electrons. The molecule has 0 aliphatic heterocycles. The predicted octanol–water partition coefficient (Wildman–Crippen LogP) is 3.09. The first kappa shape index (κ1) is 12.5. The molecule has 0 aliphatic carbocycles. The summed E-state index contributed by atoms with van der Waals surface area (Å²) in [6.45, 7) is 5.29. The minimum absolute atomic E-state index is 0.307. The lowest BCUT2D eigenvalue weighted by Crippen LogP contribution is -2.19. The first-order chi connectivity index (χ1) is 7.04. The van der Waals surface area contributed by atoms with Gasteiger partial charge in [-0.15, -0.1) is 0 Å². The van der Waals surface area contributed by atoms with Crippen LogP contribution in [-0.4, -0.2) is 24.9 Å². The van der Waals surface area contributed by atoms with Gasteiger partial charge >= 0.3 is 0 Å². The second-order valence-corrected chi connectivity index (χ2v) is 5.24. The van der Waals surface area contributed by atoms with E-state index >= 15 is 0 Å². The number of aromatic nitrogens is 1. The summed E-state index contributed by atoms with van der Waals surface area (Å²) in [5.74, 6) is 0.661. The molecular formula is C10H15ClN2OS. The third-order valence-electron chi connectivity index (χ3n) is 2.07. The first-order valence-corrected chi connectivity index (χ1v) is 6.06. The topological polar surface area (TPSA) is 33.2 Å². The lowest BCUT2D eigenvalue weighted by atomic mass is 10.1. The fourth-order valence-electron chi connectivity index (χ4n) is 1.09. The average molecular weight is 247 g/mol. The third kappa shape index (κ3) is 3.47. The molecule has 0 bridgehead atoms. The van der Waals surface area contributed by atoms with Crippen molar-refractivity contribution in [1.29, 1.82) is 0 Å². The molecular weight excluding hydrogens is 232 g/mol. The highest BCUT2D eigenvalue weighted by Crippen LogP contribution is 2.27. The smallest absolute Gasteiger partial charge is 0.187 e. The van der Waals surface area contributed by atoms with Crippen molar-refractivity contribution < 1.29 is 4.79 Å². The van der Waals surface area contributed by atoms with Gasteiger partial charge in [0.15, 0.2) is 16.6 Å². The summed E-state index contributed by atoms with van der Waals surface area (Å²) < 4.78 is 0. The Morgan fingerprint density at radius 3 is 2.73 bits per heavy atom. The third-order valence-corrected chi connectivity index (χ3v) is 3.57. The van der Waals surface area contributed by atoms with Gasteiger partial charge in [0.1, 0.15) is 4.88 Å². The van der Waals surface area contributed by atoms with Crippen molar-refractivity contribution in [2.45, 2.75) is 20.3 Å². The van der Waals surface area contributed by atoms with Gasteiger partial charge in [0, 0.05) is 13.6 Å². The van der Waals surface area contributed by atoms with Crippen molar-refractivity contribution >= 4 is 34.4 Å². The second kappa shape index (κ2) is 5.47. The van der Waals surface area contributed by atoms with Crippen LogP contribution in [0.1, 0.15) is 29.9 Å². The number of carbonyl (C=O) groups is 1. The van der Waals surface area contributed by atoms with E-state index in [0.29, 0.717) is 15.9 Å². The number of thiazole rings is 1. The van der Waals surface area contributed by atoms with Crippen LogP contribution in [-0.2, 0) is 0 Å². The van der Waals surface area contributed by atoms with E-state index in [4.69, 9.17) is 11.6 Å². The zero-order valence-electron chi connectivity index (χ0n) is 9.16. The molecule has 3 nitrogen and oxygen atoms in total. The van der Waals surface area contributed by atoms with Gasteiger partial charge in [-0.3, -0.25) is 4.79 Å². The Morgan fingerprint density at radius 2 is 2.27 bits per heavy atom. The fraction of sp³-hybridized carbons (Fsp3) is 0.600. The van der Waals surface area contributed by atoms with Crippen LogP contribution in [0.2, 0.25) is 5.15 Å². The average Bonchev–Trinajstić information content (AvgIpc) is 2.56. The van der Waals surface area contributed by atoms with Gasteiger partial charge in [-0.25, -0.2) is 4.98 Å². The van der Waals surface area contributed by atoms with Gasteiger partial charge in [-0.05, 0) is 12.3 Å². The zero-order valence-corrected chi connectivity index (χ0v) is 10.7. The normalized spacial score (nSPS) is 10.7. The highest BCUT2D eigenvalue weighted by atomic mass is 35.5. The number of rotatable bonds is 5. The number of halogens is 1. The second-order valence-electron chi connectivity index (χ2n) is 3.87. The van der Waals surface area contributed by atoms with Gasteiger partial charge in [-0.2, -0.15) is 0 Å². The highest BCUT2D eigenvalue weighted by Gasteiger charge is 2.11. The van der Waals surface area contributed by atoms with Gasteiger partial charge in [0.05, 0.1) is 0 Å². The van der Waals surface area contributed by atoms with Gasteiger partial charge in [0.2, 0.25) is 0 Å². The Hall–Kier alpha value is -0.610. The van der Waals surface area contributed by atoms with Crippen molar-refractivity contribution in [1.82, 2.24) is 4.98 Å². The Morgan fingerprint density at radius 1 is 1.60 bits per heavy atom. The fourth-order valence-corrected chi connectivity index (χ4v) is 2.13. The number of nitrogens with zero attached hydrogens (tertiary/aromatic N) is 2. The Balaban J connectivity index is 2.65. The van der Waals surface area contributed by atoms with Gasteiger partial charge in [0.25, 0.3) is 0 Å². The van der Waals surface area contributed by atoms with Crippen molar-refractivity contribution in [3.63, 3.8) is 0 Å². The van der Waals surface area contributed by atoms with E-state index in [1.165, 1.54) is 11.3 Å². The number of anilines is 1. The lowest BCUT2D eigenvalue weighted by Gasteiger charge is -2.16. The maximum Gasteiger partial charge on any atom is 0.187 e. The van der Waals surface area contributed by atoms with Crippen LogP contribution in [0.4, 0.5) is 5.13 Å². The van der Waals surface area contributed by atoms with E-state index in [1.807, 2.05) is 11.9 Å². The molecule has 15 heavy (non-hydrogen) atoms. The van der Waals surface area contributed by atoms with Gasteiger partial charge < -0.3 is 4.90 Å². The van der Waals surface area contributed by atoms with E-state index in [1.54, 1.807) is 0 Å². The van der Waals surface area contributed by atoms with Crippen LogP contribution in [0.5, 0.6) is 0 Å². The van der Waals surface area contributed by atoms with Gasteiger partial charge in [-0.1, -0.05) is 36.8 Å². The van der Waals surface area contributed by atoms with Crippen LogP contribution in [0, 0.1) is 5.92 Å². The summed E-state index contributed by atoms with van der Waals surface area (Å²) in [4.78, 5) is 17.3. The molecule has 0 saturated heterocycles. The molecule has 0 unspecified atom stereocenters. The Labute approximate surface area is 99.1 Å². The standard InChI is InChI=1S/C10H15ClN2OS/c1-7(2)4-5-13(3)10-12-9(11)8(6-14)15-10/h6-7H,4-5H2,1-3H3. The monoisotopic (exact) mass is 246 g/mol.